The lowest BCUT2D eigenvalue weighted by Crippen LogP contribution is -2.38. The summed E-state index contributed by atoms with van der Waals surface area (Å²) >= 11 is 0. The fraction of sp³-hybridized carbons (Fsp3) is 0.312. The molecule has 21 heavy (non-hydrogen) atoms. The second kappa shape index (κ2) is 3.81. The van der Waals surface area contributed by atoms with E-state index in [4.69, 9.17) is 5.73 Å². The molecule has 2 bridgehead atoms. The van der Waals surface area contributed by atoms with Gasteiger partial charge in [-0.25, -0.2) is 0 Å². The predicted octanol–water partition coefficient (Wildman–Crippen LogP) is 2.84. The molecule has 106 valence electrons. The van der Waals surface area contributed by atoms with Gasteiger partial charge in [0.1, 0.15) is 11.6 Å². The van der Waals surface area contributed by atoms with E-state index in [1.54, 1.807) is 0 Å². The summed E-state index contributed by atoms with van der Waals surface area (Å²) in [5.74, 6) is 2.58. The number of nitrogens with zero attached hydrogens (tertiary/aromatic N) is 2. The number of anilines is 2. The standard InChI is InChI=1S/C16H17N5/c17-14-8-13(19-20-14)10-1-2-12-11(7-10)15-9-3-5-21(6-4-9)16(15)18-12/h1-2,7-9,18H,3-6H2,(H3,17,19,20). The second-order valence-corrected chi connectivity index (χ2v) is 6.12. The van der Waals surface area contributed by atoms with Crippen LogP contribution >= 0.6 is 0 Å². The van der Waals surface area contributed by atoms with Crippen molar-refractivity contribution in [3.8, 4) is 11.3 Å². The van der Waals surface area contributed by atoms with Gasteiger partial charge in [-0.2, -0.15) is 5.10 Å². The Balaban J connectivity index is 1.74. The van der Waals surface area contributed by atoms with Crippen molar-refractivity contribution in [3.63, 3.8) is 0 Å². The Labute approximate surface area is 122 Å². The highest BCUT2D eigenvalue weighted by Gasteiger charge is 2.33. The Morgan fingerprint density at radius 1 is 1.19 bits per heavy atom. The van der Waals surface area contributed by atoms with Gasteiger partial charge >= 0.3 is 0 Å². The van der Waals surface area contributed by atoms with Crippen molar-refractivity contribution >= 4 is 22.5 Å². The average molecular weight is 279 g/mol. The highest BCUT2D eigenvalue weighted by molar-refractivity contribution is 5.93. The first-order valence-corrected chi connectivity index (χ1v) is 7.51. The Morgan fingerprint density at radius 2 is 2.05 bits per heavy atom. The van der Waals surface area contributed by atoms with Crippen LogP contribution in [0.5, 0.6) is 0 Å². The SMILES string of the molecule is Nc1cc(-c2ccc3[nH]c4c(c3c2)C2CCN4CC2)[nH]n1. The van der Waals surface area contributed by atoms with Crippen LogP contribution in [0.25, 0.3) is 22.2 Å². The number of aromatic nitrogens is 3. The van der Waals surface area contributed by atoms with Crippen molar-refractivity contribution in [2.45, 2.75) is 18.8 Å². The molecule has 5 nitrogen and oxygen atoms in total. The lowest BCUT2D eigenvalue weighted by molar-refractivity contribution is 0.475. The van der Waals surface area contributed by atoms with Crippen LogP contribution < -0.4 is 10.6 Å². The number of benzene rings is 1. The molecule has 0 amide bonds. The number of hydrogen-bond donors (Lipinski definition) is 3. The lowest BCUT2D eigenvalue weighted by Gasteiger charge is -2.40. The van der Waals surface area contributed by atoms with E-state index in [2.05, 4.69) is 38.3 Å². The maximum atomic E-state index is 5.71. The number of piperidine rings is 1. The minimum Gasteiger partial charge on any atom is -0.382 e. The van der Waals surface area contributed by atoms with Crippen LogP contribution in [0.15, 0.2) is 24.3 Å². The third kappa shape index (κ3) is 1.48. The van der Waals surface area contributed by atoms with Crippen LogP contribution in [0.4, 0.5) is 11.6 Å². The number of nitrogens with one attached hydrogen (secondary N) is 2. The molecule has 0 aliphatic carbocycles. The molecule has 3 aliphatic heterocycles. The molecule has 5 heteroatoms. The molecular weight excluding hydrogens is 262 g/mol. The van der Waals surface area contributed by atoms with Gasteiger partial charge in [0.15, 0.2) is 0 Å². The molecule has 2 aromatic heterocycles. The van der Waals surface area contributed by atoms with Gasteiger partial charge in [-0.1, -0.05) is 6.07 Å². The predicted molar refractivity (Wildman–Crippen MR) is 84.5 cm³/mol. The van der Waals surface area contributed by atoms with E-state index in [1.807, 2.05) is 6.07 Å². The van der Waals surface area contributed by atoms with E-state index >= 15 is 0 Å². The van der Waals surface area contributed by atoms with E-state index in [0.29, 0.717) is 11.7 Å². The Hall–Kier alpha value is -2.43. The van der Waals surface area contributed by atoms with Crippen LogP contribution in [0, 0.1) is 0 Å². The number of rotatable bonds is 1. The molecule has 1 aromatic carbocycles. The number of aromatic amines is 2. The Morgan fingerprint density at radius 3 is 2.81 bits per heavy atom. The molecule has 1 saturated heterocycles. The average Bonchev–Trinajstić information content (AvgIpc) is 3.12. The summed E-state index contributed by atoms with van der Waals surface area (Å²) in [6.45, 7) is 2.38. The monoisotopic (exact) mass is 279 g/mol. The number of fused-ring (bicyclic) bond motifs is 3. The van der Waals surface area contributed by atoms with Crippen molar-refractivity contribution in [1.29, 1.82) is 0 Å². The zero-order valence-electron chi connectivity index (χ0n) is 11.7. The summed E-state index contributed by atoms with van der Waals surface area (Å²) in [5.41, 5.74) is 10.6. The first-order chi connectivity index (χ1) is 10.3. The summed E-state index contributed by atoms with van der Waals surface area (Å²) in [4.78, 5) is 6.10. The molecule has 1 fully saturated rings. The van der Waals surface area contributed by atoms with Crippen LogP contribution in [0.2, 0.25) is 0 Å². The zero-order valence-corrected chi connectivity index (χ0v) is 11.7. The third-order valence-electron chi connectivity index (χ3n) is 4.95. The quantitative estimate of drug-likeness (QED) is 0.641. The topological polar surface area (TPSA) is 73.7 Å². The minimum absolute atomic E-state index is 0.534. The second-order valence-electron chi connectivity index (χ2n) is 6.12. The van der Waals surface area contributed by atoms with Crippen LogP contribution in [0.1, 0.15) is 24.3 Å². The fourth-order valence-corrected chi connectivity index (χ4v) is 3.91. The molecule has 3 aliphatic rings. The molecule has 3 aromatic rings. The van der Waals surface area contributed by atoms with Gasteiger partial charge in [0.2, 0.25) is 0 Å². The molecule has 6 rings (SSSR count). The molecule has 5 heterocycles. The van der Waals surface area contributed by atoms with Crippen molar-refractivity contribution in [3.05, 3.63) is 29.8 Å². The van der Waals surface area contributed by atoms with E-state index in [0.717, 1.165) is 11.3 Å². The molecule has 0 radical (unpaired) electrons. The first kappa shape index (κ1) is 11.3. The maximum Gasteiger partial charge on any atom is 0.145 e. The van der Waals surface area contributed by atoms with Crippen LogP contribution in [0.3, 0.4) is 0 Å². The summed E-state index contributed by atoms with van der Waals surface area (Å²) in [7, 11) is 0. The number of H-pyrrole nitrogens is 2. The van der Waals surface area contributed by atoms with Gasteiger partial charge in [-0.3, -0.25) is 5.10 Å². The van der Waals surface area contributed by atoms with E-state index in [-0.39, 0.29) is 0 Å². The highest BCUT2D eigenvalue weighted by atomic mass is 15.2. The van der Waals surface area contributed by atoms with Gasteiger partial charge in [0.25, 0.3) is 0 Å². The number of nitrogens with two attached hydrogens (primary N) is 1. The van der Waals surface area contributed by atoms with E-state index < -0.39 is 0 Å². The Bertz CT molecular complexity index is 836. The summed E-state index contributed by atoms with van der Waals surface area (Å²) < 4.78 is 0. The van der Waals surface area contributed by atoms with Gasteiger partial charge in [-0.05, 0) is 30.9 Å². The van der Waals surface area contributed by atoms with Gasteiger partial charge in [0, 0.05) is 41.2 Å². The van der Waals surface area contributed by atoms with Crippen LogP contribution in [-0.2, 0) is 0 Å². The normalized spacial score (nSPS) is 17.6. The molecule has 4 N–H and O–H groups in total. The zero-order chi connectivity index (χ0) is 14.0. The van der Waals surface area contributed by atoms with E-state index in [9.17, 15) is 0 Å². The van der Waals surface area contributed by atoms with Crippen molar-refractivity contribution in [2.75, 3.05) is 23.7 Å². The Kier molecular flexibility index (Phi) is 2.04. The van der Waals surface area contributed by atoms with Gasteiger partial charge < -0.3 is 15.6 Å². The van der Waals surface area contributed by atoms with E-state index in [1.165, 1.54) is 48.2 Å². The van der Waals surface area contributed by atoms with Crippen molar-refractivity contribution < 1.29 is 0 Å². The molecule has 0 unspecified atom stereocenters. The molecule has 0 spiro atoms. The van der Waals surface area contributed by atoms with Crippen molar-refractivity contribution in [1.82, 2.24) is 15.2 Å². The summed E-state index contributed by atoms with van der Waals surface area (Å²) in [5, 5.41) is 8.37. The fourth-order valence-electron chi connectivity index (χ4n) is 3.91. The maximum absolute atomic E-state index is 5.71. The van der Waals surface area contributed by atoms with Gasteiger partial charge in [0.05, 0.1) is 5.69 Å². The molecule has 0 atom stereocenters. The lowest BCUT2D eigenvalue weighted by atomic mass is 9.84. The summed E-state index contributed by atoms with van der Waals surface area (Å²) in [6, 6.07) is 8.43. The van der Waals surface area contributed by atoms with Gasteiger partial charge in [-0.15, -0.1) is 0 Å². The minimum atomic E-state index is 0.534. The number of hydrogen-bond acceptors (Lipinski definition) is 3. The number of nitrogen functional groups attached to an aromatic ring is 1. The highest BCUT2D eigenvalue weighted by Crippen LogP contribution is 2.46. The summed E-state index contributed by atoms with van der Waals surface area (Å²) in [6.07, 6.45) is 2.56. The first-order valence-electron chi connectivity index (χ1n) is 7.51. The molecule has 0 saturated carbocycles. The smallest absolute Gasteiger partial charge is 0.145 e. The van der Waals surface area contributed by atoms with Crippen LogP contribution in [-0.4, -0.2) is 28.3 Å². The largest absolute Gasteiger partial charge is 0.382 e. The molecular formula is C16H17N5. The van der Waals surface area contributed by atoms with Crippen molar-refractivity contribution in [2.24, 2.45) is 0 Å². The third-order valence-corrected chi connectivity index (χ3v) is 4.95.